The Morgan fingerprint density at radius 3 is 2.29 bits per heavy atom. The lowest BCUT2D eigenvalue weighted by atomic mass is 10.2. The van der Waals surface area contributed by atoms with Crippen LogP contribution in [0, 0.1) is 0 Å². The summed E-state index contributed by atoms with van der Waals surface area (Å²) in [5, 5.41) is 0.978. The molecule has 2 aromatic carbocycles. The molecule has 0 unspecified atom stereocenters. The van der Waals surface area contributed by atoms with Crippen LogP contribution in [0.4, 0.5) is 0 Å². The summed E-state index contributed by atoms with van der Waals surface area (Å²) in [5.41, 5.74) is 1.13. The smallest absolute Gasteiger partial charge is 0.244 e. The highest BCUT2D eigenvalue weighted by Crippen LogP contribution is 2.25. The molecule has 0 aromatic heterocycles. The largest absolute Gasteiger partial charge is 0.296 e. The van der Waals surface area contributed by atoms with E-state index >= 15 is 0 Å². The van der Waals surface area contributed by atoms with E-state index in [1.54, 1.807) is 24.3 Å². The quantitative estimate of drug-likeness (QED) is 0.809. The Kier molecular flexibility index (Phi) is 5.47. The van der Waals surface area contributed by atoms with Gasteiger partial charge in [0.05, 0.1) is 5.02 Å². The zero-order chi connectivity index (χ0) is 17.2. The average Bonchev–Trinajstić information content (AvgIpc) is 2.55. The molecule has 1 aliphatic heterocycles. The Hall–Kier alpha value is -1.11. The molecule has 0 atom stereocenters. The zero-order valence-electron chi connectivity index (χ0n) is 13.0. The number of halogens is 2. The molecule has 1 saturated heterocycles. The first-order valence-corrected chi connectivity index (χ1v) is 9.88. The summed E-state index contributed by atoms with van der Waals surface area (Å²) >= 11 is 12.1. The molecule has 3 rings (SSSR count). The van der Waals surface area contributed by atoms with Crippen LogP contribution >= 0.6 is 23.2 Å². The van der Waals surface area contributed by atoms with Crippen molar-refractivity contribution in [3.63, 3.8) is 0 Å². The van der Waals surface area contributed by atoms with Gasteiger partial charge in [0, 0.05) is 37.7 Å². The number of rotatable bonds is 4. The Bertz CT molecular complexity index is 819. The second-order valence-electron chi connectivity index (χ2n) is 5.74. The fourth-order valence-electron chi connectivity index (χ4n) is 2.81. The highest BCUT2D eigenvalue weighted by atomic mass is 35.5. The topological polar surface area (TPSA) is 40.6 Å². The third-order valence-corrected chi connectivity index (χ3v) is 6.71. The van der Waals surface area contributed by atoms with Crippen molar-refractivity contribution in [3.8, 4) is 0 Å². The summed E-state index contributed by atoms with van der Waals surface area (Å²) in [6, 6.07) is 14.3. The van der Waals surface area contributed by atoms with Crippen LogP contribution in [0.3, 0.4) is 0 Å². The minimum Gasteiger partial charge on any atom is -0.296 e. The van der Waals surface area contributed by atoms with Crippen LogP contribution in [-0.4, -0.2) is 43.8 Å². The fourth-order valence-corrected chi connectivity index (χ4v) is 4.94. The molecule has 1 aliphatic rings. The maximum Gasteiger partial charge on any atom is 0.244 e. The van der Waals surface area contributed by atoms with Crippen LogP contribution < -0.4 is 0 Å². The van der Waals surface area contributed by atoms with Crippen molar-refractivity contribution in [1.29, 1.82) is 0 Å². The highest BCUT2D eigenvalue weighted by molar-refractivity contribution is 7.89. The summed E-state index contributed by atoms with van der Waals surface area (Å²) < 4.78 is 26.9. The molecule has 0 aliphatic carbocycles. The van der Waals surface area contributed by atoms with E-state index in [4.69, 9.17) is 23.2 Å². The zero-order valence-corrected chi connectivity index (χ0v) is 15.4. The van der Waals surface area contributed by atoms with Crippen molar-refractivity contribution in [2.75, 3.05) is 26.2 Å². The predicted molar refractivity (Wildman–Crippen MR) is 96.9 cm³/mol. The number of sulfonamides is 1. The number of hydrogen-bond acceptors (Lipinski definition) is 3. The summed E-state index contributed by atoms with van der Waals surface area (Å²) in [7, 11) is -3.54. The standard InChI is InChI=1S/C17H18Cl2N2O2S/c18-15-5-3-4-14(12-15)13-20-8-10-21(11-9-20)24(22,23)17-7-2-1-6-16(17)19/h1-7,12H,8-11,13H2. The maximum absolute atomic E-state index is 12.7. The van der Waals surface area contributed by atoms with E-state index in [2.05, 4.69) is 4.90 Å². The molecular formula is C17H18Cl2N2O2S. The second kappa shape index (κ2) is 7.42. The predicted octanol–water partition coefficient (Wildman–Crippen LogP) is 3.50. The lowest BCUT2D eigenvalue weighted by Crippen LogP contribution is -2.48. The molecule has 0 saturated carbocycles. The lowest BCUT2D eigenvalue weighted by molar-refractivity contribution is 0.181. The highest BCUT2D eigenvalue weighted by Gasteiger charge is 2.29. The van der Waals surface area contributed by atoms with E-state index < -0.39 is 10.0 Å². The molecule has 128 valence electrons. The van der Waals surface area contributed by atoms with Gasteiger partial charge >= 0.3 is 0 Å². The van der Waals surface area contributed by atoms with Crippen molar-refractivity contribution in [2.45, 2.75) is 11.4 Å². The van der Waals surface area contributed by atoms with Gasteiger partial charge in [0.15, 0.2) is 0 Å². The van der Waals surface area contributed by atoms with Gasteiger partial charge in [-0.3, -0.25) is 4.90 Å². The second-order valence-corrected chi connectivity index (χ2v) is 8.49. The molecule has 0 radical (unpaired) electrons. The Balaban J connectivity index is 1.66. The number of hydrogen-bond donors (Lipinski definition) is 0. The van der Waals surface area contributed by atoms with Crippen LogP contribution in [0.5, 0.6) is 0 Å². The normalized spacial score (nSPS) is 17.1. The summed E-state index contributed by atoms with van der Waals surface area (Å²) in [6.07, 6.45) is 0. The Morgan fingerprint density at radius 1 is 0.917 bits per heavy atom. The van der Waals surface area contributed by atoms with Gasteiger partial charge in [-0.2, -0.15) is 4.31 Å². The lowest BCUT2D eigenvalue weighted by Gasteiger charge is -2.34. The molecule has 0 N–H and O–H groups in total. The molecule has 24 heavy (non-hydrogen) atoms. The molecule has 1 heterocycles. The van der Waals surface area contributed by atoms with Gasteiger partial charge in [-0.15, -0.1) is 0 Å². The van der Waals surface area contributed by atoms with Crippen LogP contribution in [0.1, 0.15) is 5.56 Å². The van der Waals surface area contributed by atoms with Gasteiger partial charge in [-0.1, -0.05) is 47.5 Å². The fraction of sp³-hybridized carbons (Fsp3) is 0.294. The third kappa shape index (κ3) is 3.92. The van der Waals surface area contributed by atoms with E-state index in [1.165, 1.54) is 4.31 Å². The SMILES string of the molecule is O=S(=O)(c1ccccc1Cl)N1CCN(Cc2cccc(Cl)c2)CC1. The van der Waals surface area contributed by atoms with Crippen LogP contribution in [0.25, 0.3) is 0 Å². The van der Waals surface area contributed by atoms with Gasteiger partial charge in [0.25, 0.3) is 0 Å². The van der Waals surface area contributed by atoms with Gasteiger partial charge in [-0.25, -0.2) is 8.42 Å². The van der Waals surface area contributed by atoms with Crippen molar-refractivity contribution in [1.82, 2.24) is 9.21 Å². The van der Waals surface area contributed by atoms with E-state index in [0.717, 1.165) is 12.1 Å². The van der Waals surface area contributed by atoms with Gasteiger partial charge in [0.1, 0.15) is 4.90 Å². The number of benzene rings is 2. The maximum atomic E-state index is 12.7. The molecule has 0 spiro atoms. The summed E-state index contributed by atoms with van der Waals surface area (Å²) in [5.74, 6) is 0. The molecule has 1 fully saturated rings. The minimum atomic E-state index is -3.54. The van der Waals surface area contributed by atoms with Gasteiger partial charge in [0.2, 0.25) is 10.0 Å². The minimum absolute atomic E-state index is 0.176. The number of piperazine rings is 1. The molecule has 7 heteroatoms. The van der Waals surface area contributed by atoms with Crippen molar-refractivity contribution in [2.24, 2.45) is 0 Å². The third-order valence-electron chi connectivity index (χ3n) is 4.08. The van der Waals surface area contributed by atoms with Crippen LogP contribution in [0.15, 0.2) is 53.4 Å². The van der Waals surface area contributed by atoms with E-state index in [-0.39, 0.29) is 9.92 Å². The summed E-state index contributed by atoms with van der Waals surface area (Å²) in [4.78, 5) is 2.40. The number of nitrogens with zero attached hydrogens (tertiary/aromatic N) is 2. The Labute approximate surface area is 152 Å². The van der Waals surface area contributed by atoms with Crippen LogP contribution in [-0.2, 0) is 16.6 Å². The first kappa shape index (κ1) is 17.7. The van der Waals surface area contributed by atoms with Crippen molar-refractivity contribution >= 4 is 33.2 Å². The molecule has 4 nitrogen and oxygen atoms in total. The average molecular weight is 385 g/mol. The van der Waals surface area contributed by atoms with Gasteiger partial charge in [-0.05, 0) is 29.8 Å². The van der Waals surface area contributed by atoms with Crippen LogP contribution in [0.2, 0.25) is 10.0 Å². The molecule has 2 aromatic rings. The van der Waals surface area contributed by atoms with E-state index in [1.807, 2.05) is 24.3 Å². The monoisotopic (exact) mass is 384 g/mol. The van der Waals surface area contributed by atoms with Gasteiger partial charge < -0.3 is 0 Å². The molecular weight excluding hydrogens is 367 g/mol. The van der Waals surface area contributed by atoms with Crippen molar-refractivity contribution in [3.05, 3.63) is 64.1 Å². The molecule has 0 amide bonds. The van der Waals surface area contributed by atoms with Crippen molar-refractivity contribution < 1.29 is 8.42 Å². The van der Waals surface area contributed by atoms with E-state index in [9.17, 15) is 8.42 Å². The summed E-state index contributed by atoms with van der Waals surface area (Å²) in [6.45, 7) is 3.02. The van der Waals surface area contributed by atoms with E-state index in [0.29, 0.717) is 31.2 Å². The Morgan fingerprint density at radius 2 is 1.62 bits per heavy atom. The first-order chi connectivity index (χ1) is 11.5. The molecule has 0 bridgehead atoms. The first-order valence-electron chi connectivity index (χ1n) is 7.68.